The summed E-state index contributed by atoms with van der Waals surface area (Å²) in [5.41, 5.74) is 2.31. The Balaban J connectivity index is 2.81. The number of carbonyl (C=O) groups excluding carboxylic acids is 1. The maximum atomic E-state index is 12.2. The Morgan fingerprint density at radius 2 is 2.05 bits per heavy atom. The summed E-state index contributed by atoms with van der Waals surface area (Å²) in [6.45, 7) is 8.81. The molecule has 1 atom stereocenters. The maximum Gasteiger partial charge on any atom is 0.251 e. The zero-order valence-electron chi connectivity index (χ0n) is 12.7. The molecule has 0 heterocycles. The standard InChI is InChI=1S/C17H23NO2/c1-12(2)14(4)11-18-17(20)16-10-15(6-5-9-19)8-7-13(16)3/h7-8,10,12,14,19H,9,11H2,1-4H3,(H,18,20). The van der Waals surface area contributed by atoms with Crippen molar-refractivity contribution in [3.05, 3.63) is 34.9 Å². The van der Waals surface area contributed by atoms with Gasteiger partial charge in [0.2, 0.25) is 0 Å². The van der Waals surface area contributed by atoms with Gasteiger partial charge < -0.3 is 10.4 Å². The van der Waals surface area contributed by atoms with Crippen LogP contribution < -0.4 is 5.32 Å². The van der Waals surface area contributed by atoms with Crippen LogP contribution in [0.15, 0.2) is 18.2 Å². The monoisotopic (exact) mass is 273 g/mol. The number of aryl methyl sites for hydroxylation is 1. The van der Waals surface area contributed by atoms with E-state index in [1.54, 1.807) is 6.07 Å². The van der Waals surface area contributed by atoms with Crippen LogP contribution in [0, 0.1) is 30.6 Å². The molecule has 0 saturated carbocycles. The Labute approximate surface area is 121 Å². The van der Waals surface area contributed by atoms with Gasteiger partial charge in [-0.2, -0.15) is 0 Å². The van der Waals surface area contributed by atoms with Gasteiger partial charge in [0, 0.05) is 17.7 Å². The van der Waals surface area contributed by atoms with Crippen molar-refractivity contribution in [2.75, 3.05) is 13.2 Å². The lowest BCUT2D eigenvalue weighted by Crippen LogP contribution is -2.30. The van der Waals surface area contributed by atoms with Crippen LogP contribution in [0.2, 0.25) is 0 Å². The molecule has 0 aliphatic rings. The van der Waals surface area contributed by atoms with Gasteiger partial charge >= 0.3 is 0 Å². The zero-order chi connectivity index (χ0) is 15.1. The molecule has 1 aromatic carbocycles. The van der Waals surface area contributed by atoms with Gasteiger partial charge in [0.25, 0.3) is 5.91 Å². The minimum atomic E-state index is -0.179. The van der Waals surface area contributed by atoms with Crippen LogP contribution in [0.3, 0.4) is 0 Å². The lowest BCUT2D eigenvalue weighted by molar-refractivity contribution is 0.0944. The van der Waals surface area contributed by atoms with Gasteiger partial charge in [-0.25, -0.2) is 0 Å². The molecular formula is C17H23NO2. The quantitative estimate of drug-likeness (QED) is 0.827. The predicted molar refractivity (Wildman–Crippen MR) is 81.5 cm³/mol. The van der Waals surface area contributed by atoms with Crippen LogP contribution in [0.5, 0.6) is 0 Å². The third-order valence-electron chi connectivity index (χ3n) is 3.52. The molecule has 1 aromatic rings. The molecule has 20 heavy (non-hydrogen) atoms. The summed E-state index contributed by atoms with van der Waals surface area (Å²) >= 11 is 0. The maximum absolute atomic E-state index is 12.2. The molecule has 0 aromatic heterocycles. The molecule has 1 unspecified atom stereocenters. The summed E-state index contributed by atoms with van der Waals surface area (Å²) in [5.74, 6) is 6.32. The Morgan fingerprint density at radius 3 is 2.65 bits per heavy atom. The predicted octanol–water partition coefficient (Wildman–Crippen LogP) is 2.36. The first kappa shape index (κ1) is 16.3. The number of hydrogen-bond donors (Lipinski definition) is 2. The molecule has 3 nitrogen and oxygen atoms in total. The Morgan fingerprint density at radius 1 is 1.35 bits per heavy atom. The molecule has 0 fully saturated rings. The molecule has 2 N–H and O–H groups in total. The highest BCUT2D eigenvalue weighted by molar-refractivity contribution is 5.96. The summed E-state index contributed by atoms with van der Waals surface area (Å²) in [7, 11) is 0. The second kappa shape index (κ2) is 7.72. The average Bonchev–Trinajstić information content (AvgIpc) is 2.43. The molecule has 0 bridgehead atoms. The third kappa shape index (κ3) is 4.71. The Kier molecular flexibility index (Phi) is 6.27. The molecule has 1 rings (SSSR count). The highest BCUT2D eigenvalue weighted by Crippen LogP contribution is 2.12. The first-order chi connectivity index (χ1) is 9.45. The van der Waals surface area contributed by atoms with E-state index in [4.69, 9.17) is 5.11 Å². The van der Waals surface area contributed by atoms with Crippen LogP contribution in [-0.2, 0) is 0 Å². The third-order valence-corrected chi connectivity index (χ3v) is 3.52. The lowest BCUT2D eigenvalue weighted by atomic mass is 9.98. The van der Waals surface area contributed by atoms with E-state index >= 15 is 0 Å². The van der Waals surface area contributed by atoms with Gasteiger partial charge in [-0.3, -0.25) is 4.79 Å². The first-order valence-electron chi connectivity index (χ1n) is 6.94. The van der Waals surface area contributed by atoms with Crippen molar-refractivity contribution in [1.29, 1.82) is 0 Å². The molecule has 0 saturated heterocycles. The van der Waals surface area contributed by atoms with Crippen molar-refractivity contribution in [3.63, 3.8) is 0 Å². The molecule has 0 radical (unpaired) electrons. The molecule has 3 heteroatoms. The fourth-order valence-corrected chi connectivity index (χ4v) is 1.67. The fourth-order valence-electron chi connectivity index (χ4n) is 1.67. The van der Waals surface area contributed by atoms with Crippen molar-refractivity contribution in [2.45, 2.75) is 27.7 Å². The Hall–Kier alpha value is -1.79. The summed E-state index contributed by atoms with van der Waals surface area (Å²) in [4.78, 5) is 12.2. The van der Waals surface area contributed by atoms with Gasteiger partial charge in [0.15, 0.2) is 0 Å². The largest absolute Gasteiger partial charge is 0.384 e. The molecule has 0 spiro atoms. The van der Waals surface area contributed by atoms with E-state index in [9.17, 15) is 4.79 Å². The summed E-state index contributed by atoms with van der Waals surface area (Å²) in [6, 6.07) is 5.50. The number of hydrogen-bond acceptors (Lipinski definition) is 2. The zero-order valence-corrected chi connectivity index (χ0v) is 12.7. The number of aliphatic hydroxyl groups excluding tert-OH is 1. The normalized spacial score (nSPS) is 11.7. The highest BCUT2D eigenvalue weighted by atomic mass is 16.2. The minimum Gasteiger partial charge on any atom is -0.384 e. The van der Waals surface area contributed by atoms with Crippen molar-refractivity contribution in [3.8, 4) is 11.8 Å². The van der Waals surface area contributed by atoms with Gasteiger partial charge in [-0.1, -0.05) is 38.7 Å². The summed E-state index contributed by atoms with van der Waals surface area (Å²) in [6.07, 6.45) is 0. The Bertz CT molecular complexity index is 524. The fraction of sp³-hybridized carbons (Fsp3) is 0.471. The van der Waals surface area contributed by atoms with E-state index in [-0.39, 0.29) is 12.5 Å². The minimum absolute atomic E-state index is 0.0670. The number of benzene rings is 1. The molecular weight excluding hydrogens is 250 g/mol. The van der Waals surface area contributed by atoms with Crippen molar-refractivity contribution in [2.24, 2.45) is 11.8 Å². The lowest BCUT2D eigenvalue weighted by Gasteiger charge is -2.16. The van der Waals surface area contributed by atoms with Gasteiger partial charge in [-0.05, 0) is 36.5 Å². The SMILES string of the molecule is Cc1ccc(C#CCO)cc1C(=O)NCC(C)C(C)C. The van der Waals surface area contributed by atoms with E-state index < -0.39 is 0 Å². The summed E-state index contributed by atoms with van der Waals surface area (Å²) < 4.78 is 0. The first-order valence-corrected chi connectivity index (χ1v) is 6.94. The van der Waals surface area contributed by atoms with Gasteiger partial charge in [0.1, 0.15) is 6.61 Å². The van der Waals surface area contributed by atoms with Gasteiger partial charge in [-0.15, -0.1) is 0 Å². The van der Waals surface area contributed by atoms with E-state index in [0.29, 0.717) is 23.9 Å². The van der Waals surface area contributed by atoms with E-state index in [0.717, 1.165) is 11.1 Å². The van der Waals surface area contributed by atoms with E-state index in [1.807, 2.05) is 19.1 Å². The van der Waals surface area contributed by atoms with Crippen molar-refractivity contribution < 1.29 is 9.90 Å². The summed E-state index contributed by atoms with van der Waals surface area (Å²) in [5, 5.41) is 11.7. The van der Waals surface area contributed by atoms with Crippen molar-refractivity contribution >= 4 is 5.91 Å². The van der Waals surface area contributed by atoms with Gasteiger partial charge in [0.05, 0.1) is 0 Å². The molecule has 108 valence electrons. The second-order valence-electron chi connectivity index (χ2n) is 5.42. The number of nitrogens with one attached hydrogen (secondary N) is 1. The number of carbonyl (C=O) groups is 1. The number of amides is 1. The highest BCUT2D eigenvalue weighted by Gasteiger charge is 2.12. The van der Waals surface area contributed by atoms with Crippen LogP contribution in [-0.4, -0.2) is 24.2 Å². The average molecular weight is 273 g/mol. The topological polar surface area (TPSA) is 49.3 Å². The molecule has 1 amide bonds. The van der Waals surface area contributed by atoms with Crippen LogP contribution in [0.1, 0.15) is 42.3 Å². The van der Waals surface area contributed by atoms with Crippen molar-refractivity contribution in [1.82, 2.24) is 5.32 Å². The van der Waals surface area contributed by atoms with E-state index in [2.05, 4.69) is 37.9 Å². The molecule has 0 aliphatic heterocycles. The van der Waals surface area contributed by atoms with Crippen LogP contribution in [0.4, 0.5) is 0 Å². The number of rotatable bonds is 4. The number of aliphatic hydroxyl groups is 1. The smallest absolute Gasteiger partial charge is 0.251 e. The van der Waals surface area contributed by atoms with Crippen LogP contribution in [0.25, 0.3) is 0 Å². The van der Waals surface area contributed by atoms with Crippen LogP contribution >= 0.6 is 0 Å². The second-order valence-corrected chi connectivity index (χ2v) is 5.42. The van der Waals surface area contributed by atoms with E-state index in [1.165, 1.54) is 0 Å². The molecule has 0 aliphatic carbocycles.